The van der Waals surface area contributed by atoms with Crippen molar-refractivity contribution in [2.24, 2.45) is 5.92 Å². The molecule has 0 spiro atoms. The predicted molar refractivity (Wildman–Crippen MR) is 143 cm³/mol. The van der Waals surface area contributed by atoms with E-state index in [4.69, 9.17) is 0 Å². The lowest BCUT2D eigenvalue weighted by atomic mass is 9.86. The standard InChI is InChI=1S/C31H44N2/c1-26(12-11-21-32-19-9-4-10-20-32)31-16-8-7-15-30(31)24-28-17-22-33(23-18-28)25-27(2)29-13-5-3-6-14-29/h3,5-8,13-16,27-28H,1,4,9-12,17-25H2,2H3. The molecule has 2 aromatic rings. The van der Waals surface area contributed by atoms with E-state index in [1.807, 2.05) is 0 Å². The molecule has 2 heterocycles. The SMILES string of the molecule is C=C(CCCN1CCCCC1)c1ccccc1CC1CCN(CC(C)c2ccccc2)CC1. The van der Waals surface area contributed by atoms with E-state index >= 15 is 0 Å². The second-order valence-corrected chi connectivity index (χ2v) is 10.5. The van der Waals surface area contributed by atoms with Gasteiger partial charge in [0.15, 0.2) is 0 Å². The van der Waals surface area contributed by atoms with Gasteiger partial charge in [0.25, 0.3) is 0 Å². The molecule has 0 saturated carbocycles. The second kappa shape index (κ2) is 12.5. The van der Waals surface area contributed by atoms with Crippen LogP contribution in [0, 0.1) is 5.92 Å². The summed E-state index contributed by atoms with van der Waals surface area (Å²) < 4.78 is 0. The van der Waals surface area contributed by atoms with Gasteiger partial charge in [-0.15, -0.1) is 0 Å². The molecule has 0 aromatic heterocycles. The Morgan fingerprint density at radius 3 is 2.33 bits per heavy atom. The minimum Gasteiger partial charge on any atom is -0.303 e. The van der Waals surface area contributed by atoms with Crippen LogP contribution in [0.4, 0.5) is 0 Å². The summed E-state index contributed by atoms with van der Waals surface area (Å²) in [6.07, 6.45) is 10.4. The Morgan fingerprint density at radius 2 is 1.58 bits per heavy atom. The van der Waals surface area contributed by atoms with Crippen molar-refractivity contribution in [3.05, 3.63) is 77.9 Å². The first-order valence-electron chi connectivity index (χ1n) is 13.4. The minimum absolute atomic E-state index is 0.608. The van der Waals surface area contributed by atoms with Crippen molar-refractivity contribution >= 4 is 5.57 Å². The summed E-state index contributed by atoms with van der Waals surface area (Å²) in [6, 6.07) is 20.1. The van der Waals surface area contributed by atoms with Crippen molar-refractivity contribution in [2.75, 3.05) is 39.3 Å². The Morgan fingerprint density at radius 1 is 0.879 bits per heavy atom. The van der Waals surface area contributed by atoms with Crippen molar-refractivity contribution in [3.63, 3.8) is 0 Å². The van der Waals surface area contributed by atoms with E-state index in [-0.39, 0.29) is 0 Å². The summed E-state index contributed by atoms with van der Waals surface area (Å²) >= 11 is 0. The molecule has 4 rings (SSSR count). The van der Waals surface area contributed by atoms with Crippen molar-refractivity contribution in [3.8, 4) is 0 Å². The molecular formula is C31H44N2. The highest BCUT2D eigenvalue weighted by Gasteiger charge is 2.22. The number of hydrogen-bond acceptors (Lipinski definition) is 2. The van der Waals surface area contributed by atoms with Crippen LogP contribution < -0.4 is 0 Å². The van der Waals surface area contributed by atoms with Crippen LogP contribution in [-0.2, 0) is 6.42 Å². The van der Waals surface area contributed by atoms with Crippen LogP contribution in [0.1, 0.15) is 74.5 Å². The molecule has 33 heavy (non-hydrogen) atoms. The average Bonchev–Trinajstić information content (AvgIpc) is 2.86. The van der Waals surface area contributed by atoms with Crippen molar-refractivity contribution in [1.29, 1.82) is 0 Å². The van der Waals surface area contributed by atoms with E-state index in [0.29, 0.717) is 5.92 Å². The molecule has 2 aliphatic heterocycles. The lowest BCUT2D eigenvalue weighted by Crippen LogP contribution is -2.36. The largest absolute Gasteiger partial charge is 0.303 e. The molecule has 0 radical (unpaired) electrons. The van der Waals surface area contributed by atoms with Crippen LogP contribution in [0.3, 0.4) is 0 Å². The summed E-state index contributed by atoms with van der Waals surface area (Å²) in [7, 11) is 0. The van der Waals surface area contributed by atoms with E-state index < -0.39 is 0 Å². The third kappa shape index (κ3) is 7.29. The zero-order valence-corrected chi connectivity index (χ0v) is 20.9. The van der Waals surface area contributed by atoms with E-state index in [1.165, 1.54) is 106 Å². The van der Waals surface area contributed by atoms with Gasteiger partial charge >= 0.3 is 0 Å². The first kappa shape index (κ1) is 24.2. The molecule has 2 aromatic carbocycles. The number of nitrogens with zero attached hydrogens (tertiary/aromatic N) is 2. The molecule has 0 aliphatic carbocycles. The van der Waals surface area contributed by atoms with E-state index in [0.717, 1.165) is 12.3 Å². The van der Waals surface area contributed by atoms with Gasteiger partial charge in [-0.05, 0) is 112 Å². The Balaban J connectivity index is 1.23. The number of hydrogen-bond donors (Lipinski definition) is 0. The van der Waals surface area contributed by atoms with Crippen LogP contribution in [0.15, 0.2) is 61.2 Å². The summed E-state index contributed by atoms with van der Waals surface area (Å²) in [6.45, 7) is 14.4. The van der Waals surface area contributed by atoms with Gasteiger partial charge < -0.3 is 9.80 Å². The molecule has 2 heteroatoms. The number of allylic oxidation sites excluding steroid dienone is 1. The summed E-state index contributed by atoms with van der Waals surface area (Å²) in [5.41, 5.74) is 5.76. The molecular weight excluding hydrogens is 400 g/mol. The Hall–Kier alpha value is -1.90. The van der Waals surface area contributed by atoms with Crippen molar-refractivity contribution in [2.45, 2.75) is 64.2 Å². The van der Waals surface area contributed by atoms with E-state index in [2.05, 4.69) is 77.9 Å². The molecule has 178 valence electrons. The third-order valence-electron chi connectivity index (χ3n) is 7.92. The van der Waals surface area contributed by atoms with Gasteiger partial charge in [0.1, 0.15) is 0 Å². The van der Waals surface area contributed by atoms with Crippen LogP contribution in [0.25, 0.3) is 5.57 Å². The number of piperidine rings is 2. The highest BCUT2D eigenvalue weighted by Crippen LogP contribution is 2.29. The Bertz CT molecular complexity index is 844. The van der Waals surface area contributed by atoms with Gasteiger partial charge in [0.2, 0.25) is 0 Å². The van der Waals surface area contributed by atoms with Crippen molar-refractivity contribution < 1.29 is 0 Å². The minimum atomic E-state index is 0.608. The topological polar surface area (TPSA) is 6.48 Å². The monoisotopic (exact) mass is 444 g/mol. The zero-order valence-electron chi connectivity index (χ0n) is 20.9. The van der Waals surface area contributed by atoms with Gasteiger partial charge in [-0.1, -0.05) is 74.5 Å². The predicted octanol–water partition coefficient (Wildman–Crippen LogP) is 7.02. The highest BCUT2D eigenvalue weighted by atomic mass is 15.1. The van der Waals surface area contributed by atoms with Crippen LogP contribution in [0.2, 0.25) is 0 Å². The fraction of sp³-hybridized carbons (Fsp3) is 0.548. The maximum atomic E-state index is 4.51. The molecule has 2 nitrogen and oxygen atoms in total. The molecule has 0 bridgehead atoms. The second-order valence-electron chi connectivity index (χ2n) is 10.5. The zero-order chi connectivity index (χ0) is 22.9. The lowest BCUT2D eigenvalue weighted by molar-refractivity contribution is 0.177. The normalized spacial score (nSPS) is 19.4. The van der Waals surface area contributed by atoms with Crippen LogP contribution in [-0.4, -0.2) is 49.1 Å². The molecule has 0 N–H and O–H groups in total. The third-order valence-corrected chi connectivity index (χ3v) is 7.92. The van der Waals surface area contributed by atoms with Gasteiger partial charge in [-0.3, -0.25) is 0 Å². The maximum absolute atomic E-state index is 4.51. The lowest BCUT2D eigenvalue weighted by Gasteiger charge is -2.34. The van der Waals surface area contributed by atoms with Gasteiger partial charge in [0, 0.05) is 6.54 Å². The van der Waals surface area contributed by atoms with Crippen molar-refractivity contribution in [1.82, 2.24) is 9.80 Å². The Kier molecular flexibility index (Phi) is 9.20. The van der Waals surface area contributed by atoms with E-state index in [9.17, 15) is 0 Å². The first-order valence-corrected chi connectivity index (χ1v) is 13.4. The molecule has 2 fully saturated rings. The van der Waals surface area contributed by atoms with Gasteiger partial charge in [-0.2, -0.15) is 0 Å². The average molecular weight is 445 g/mol. The Labute approximate surface area is 202 Å². The number of benzene rings is 2. The first-order chi connectivity index (χ1) is 16.2. The fourth-order valence-corrected chi connectivity index (χ4v) is 5.84. The van der Waals surface area contributed by atoms with E-state index in [1.54, 1.807) is 0 Å². The number of rotatable bonds is 10. The number of likely N-dealkylation sites (tertiary alicyclic amines) is 2. The molecule has 1 atom stereocenters. The van der Waals surface area contributed by atoms with Crippen LogP contribution in [0.5, 0.6) is 0 Å². The van der Waals surface area contributed by atoms with Gasteiger partial charge in [-0.25, -0.2) is 0 Å². The smallest absolute Gasteiger partial charge is 0.00476 e. The highest BCUT2D eigenvalue weighted by molar-refractivity contribution is 5.66. The fourth-order valence-electron chi connectivity index (χ4n) is 5.84. The quantitative estimate of drug-likeness (QED) is 0.388. The molecule has 0 amide bonds. The summed E-state index contributed by atoms with van der Waals surface area (Å²) in [5.74, 6) is 1.41. The molecule has 2 aliphatic rings. The maximum Gasteiger partial charge on any atom is 0.00476 e. The molecule has 2 saturated heterocycles. The summed E-state index contributed by atoms with van der Waals surface area (Å²) in [4.78, 5) is 5.33. The van der Waals surface area contributed by atoms with Crippen LogP contribution >= 0.6 is 0 Å². The molecule has 1 unspecified atom stereocenters. The van der Waals surface area contributed by atoms with Gasteiger partial charge in [0.05, 0.1) is 0 Å². The summed E-state index contributed by atoms with van der Waals surface area (Å²) in [5, 5.41) is 0.